The van der Waals surface area contributed by atoms with E-state index in [0.29, 0.717) is 17.8 Å². The summed E-state index contributed by atoms with van der Waals surface area (Å²) in [7, 11) is 0. The zero-order valence-electron chi connectivity index (χ0n) is 17.6. The van der Waals surface area contributed by atoms with E-state index in [9.17, 15) is 0 Å². The van der Waals surface area contributed by atoms with Crippen molar-refractivity contribution in [3.05, 3.63) is 34.9 Å². The Labute approximate surface area is 176 Å². The van der Waals surface area contributed by atoms with Crippen LogP contribution in [0.15, 0.2) is 22.6 Å². The SMILES string of the molecule is Cc1cc(-c2nnc(NCCCSN)o2)nc2c(C(C)(C)C)cc(C3CC3)cc12. The van der Waals surface area contributed by atoms with Crippen LogP contribution >= 0.6 is 11.9 Å². The first kappa shape index (κ1) is 20.2. The Morgan fingerprint density at radius 2 is 2.00 bits per heavy atom. The van der Waals surface area contributed by atoms with Gasteiger partial charge in [-0.1, -0.05) is 43.9 Å². The van der Waals surface area contributed by atoms with E-state index in [1.165, 1.54) is 46.9 Å². The minimum atomic E-state index is 0.00375. The van der Waals surface area contributed by atoms with E-state index < -0.39 is 0 Å². The predicted molar refractivity (Wildman–Crippen MR) is 120 cm³/mol. The largest absolute Gasteiger partial charge is 0.402 e. The number of hydrogen-bond acceptors (Lipinski definition) is 7. The molecule has 2 heterocycles. The van der Waals surface area contributed by atoms with Crippen molar-refractivity contribution < 1.29 is 4.42 Å². The molecule has 154 valence electrons. The summed E-state index contributed by atoms with van der Waals surface area (Å²) in [6.07, 6.45) is 3.52. The lowest BCUT2D eigenvalue weighted by Crippen LogP contribution is -2.13. The first-order valence-corrected chi connectivity index (χ1v) is 11.3. The van der Waals surface area contributed by atoms with Crippen LogP contribution in [-0.2, 0) is 5.41 Å². The fourth-order valence-corrected chi connectivity index (χ4v) is 3.91. The van der Waals surface area contributed by atoms with Gasteiger partial charge >= 0.3 is 6.01 Å². The minimum absolute atomic E-state index is 0.00375. The summed E-state index contributed by atoms with van der Waals surface area (Å²) in [4.78, 5) is 4.97. The molecule has 0 saturated heterocycles. The number of hydrogen-bond donors (Lipinski definition) is 2. The quantitative estimate of drug-likeness (QED) is 0.409. The molecule has 0 bridgehead atoms. The number of pyridine rings is 1. The third-order valence-corrected chi connectivity index (χ3v) is 5.88. The highest BCUT2D eigenvalue weighted by molar-refractivity contribution is 7.97. The molecule has 0 aliphatic heterocycles. The summed E-state index contributed by atoms with van der Waals surface area (Å²) in [6.45, 7) is 9.62. The summed E-state index contributed by atoms with van der Waals surface area (Å²) in [5.41, 5.74) is 5.66. The van der Waals surface area contributed by atoms with Gasteiger partial charge in [-0.05, 0) is 66.3 Å². The standard InChI is InChI=1S/C22H29N5OS/c1-13-10-18(20-26-27-21(28-20)24-8-5-9-29-23)25-19-16(13)11-15(14-6-7-14)12-17(19)22(2,3)4/h10-12,14H,5-9,23H2,1-4H3,(H,24,27). The molecule has 1 aliphatic carbocycles. The smallest absolute Gasteiger partial charge is 0.315 e. The number of nitrogens with zero attached hydrogens (tertiary/aromatic N) is 3. The Hall–Kier alpha value is -2.12. The maximum Gasteiger partial charge on any atom is 0.315 e. The van der Waals surface area contributed by atoms with Crippen LogP contribution < -0.4 is 10.5 Å². The van der Waals surface area contributed by atoms with Gasteiger partial charge in [0.25, 0.3) is 5.89 Å². The van der Waals surface area contributed by atoms with Gasteiger partial charge in [0.1, 0.15) is 5.69 Å². The average molecular weight is 412 g/mol. The molecule has 0 spiro atoms. The number of fused-ring (bicyclic) bond motifs is 1. The molecule has 1 aliphatic rings. The van der Waals surface area contributed by atoms with Crippen LogP contribution in [-0.4, -0.2) is 27.5 Å². The van der Waals surface area contributed by atoms with Crippen molar-refractivity contribution in [1.82, 2.24) is 15.2 Å². The lowest BCUT2D eigenvalue weighted by Gasteiger charge is -2.23. The van der Waals surface area contributed by atoms with E-state index in [2.05, 4.69) is 55.3 Å². The van der Waals surface area contributed by atoms with Crippen molar-refractivity contribution in [3.63, 3.8) is 0 Å². The zero-order chi connectivity index (χ0) is 20.6. The number of nitrogens with one attached hydrogen (secondary N) is 1. The maximum atomic E-state index is 5.82. The van der Waals surface area contributed by atoms with Crippen LogP contribution in [0.2, 0.25) is 0 Å². The normalized spacial score (nSPS) is 14.5. The van der Waals surface area contributed by atoms with Gasteiger partial charge in [0.05, 0.1) is 5.52 Å². The molecule has 0 unspecified atom stereocenters. The van der Waals surface area contributed by atoms with Crippen LogP contribution in [0.5, 0.6) is 0 Å². The van der Waals surface area contributed by atoms with Gasteiger partial charge in [0.2, 0.25) is 0 Å². The van der Waals surface area contributed by atoms with E-state index >= 15 is 0 Å². The topological polar surface area (TPSA) is 89.9 Å². The number of anilines is 1. The molecule has 1 aromatic carbocycles. The molecule has 7 heteroatoms. The number of nitrogens with two attached hydrogens (primary N) is 1. The van der Waals surface area contributed by atoms with E-state index in [-0.39, 0.29) is 5.41 Å². The highest BCUT2D eigenvalue weighted by Crippen LogP contribution is 2.43. The van der Waals surface area contributed by atoms with E-state index in [1.54, 1.807) is 0 Å². The number of aromatic nitrogens is 3. The van der Waals surface area contributed by atoms with Crippen LogP contribution in [0.3, 0.4) is 0 Å². The first-order valence-electron chi connectivity index (χ1n) is 10.2. The van der Waals surface area contributed by atoms with E-state index in [1.807, 2.05) is 6.07 Å². The van der Waals surface area contributed by atoms with Crippen LogP contribution in [0.4, 0.5) is 6.01 Å². The van der Waals surface area contributed by atoms with Gasteiger partial charge < -0.3 is 9.73 Å². The Morgan fingerprint density at radius 1 is 1.21 bits per heavy atom. The summed E-state index contributed by atoms with van der Waals surface area (Å²) >= 11 is 1.33. The van der Waals surface area contributed by atoms with Crippen LogP contribution in [0.1, 0.15) is 62.6 Å². The van der Waals surface area contributed by atoms with Crippen molar-refractivity contribution in [3.8, 4) is 11.6 Å². The zero-order valence-corrected chi connectivity index (χ0v) is 18.4. The molecular formula is C22H29N5OS. The summed E-state index contributed by atoms with van der Waals surface area (Å²) in [5.74, 6) is 2.04. The van der Waals surface area contributed by atoms with E-state index in [4.69, 9.17) is 14.5 Å². The average Bonchev–Trinajstić information content (AvgIpc) is 3.42. The summed E-state index contributed by atoms with van der Waals surface area (Å²) in [5, 5.41) is 18.1. The third-order valence-electron chi connectivity index (χ3n) is 5.36. The second-order valence-electron chi connectivity index (χ2n) is 8.88. The van der Waals surface area contributed by atoms with Gasteiger partial charge in [0, 0.05) is 17.7 Å². The lowest BCUT2D eigenvalue weighted by molar-refractivity contribution is 0.577. The third kappa shape index (κ3) is 4.41. The predicted octanol–water partition coefficient (Wildman–Crippen LogP) is 5.18. The van der Waals surface area contributed by atoms with Gasteiger partial charge in [0.15, 0.2) is 0 Å². The monoisotopic (exact) mass is 411 g/mol. The number of rotatable bonds is 7. The second kappa shape index (κ2) is 7.95. The molecule has 4 rings (SSSR count). The van der Waals surface area contributed by atoms with Crippen molar-refractivity contribution in [2.75, 3.05) is 17.6 Å². The molecule has 0 atom stereocenters. The molecule has 0 radical (unpaired) electrons. The van der Waals surface area contributed by atoms with Crippen LogP contribution in [0, 0.1) is 6.92 Å². The van der Waals surface area contributed by atoms with Crippen LogP contribution in [0.25, 0.3) is 22.5 Å². The minimum Gasteiger partial charge on any atom is -0.402 e. The van der Waals surface area contributed by atoms with E-state index in [0.717, 1.165) is 29.9 Å². The molecule has 3 N–H and O–H groups in total. The number of aryl methyl sites for hydroxylation is 1. The molecular weight excluding hydrogens is 382 g/mol. The van der Waals surface area contributed by atoms with Crippen molar-refractivity contribution >= 4 is 28.9 Å². The summed E-state index contributed by atoms with van der Waals surface area (Å²) < 4.78 is 5.82. The Bertz CT molecular complexity index is 1020. The fraction of sp³-hybridized carbons (Fsp3) is 0.500. The molecule has 29 heavy (non-hydrogen) atoms. The molecule has 1 saturated carbocycles. The highest BCUT2D eigenvalue weighted by atomic mass is 32.2. The van der Waals surface area contributed by atoms with Gasteiger partial charge in [-0.25, -0.2) is 4.98 Å². The van der Waals surface area contributed by atoms with Gasteiger partial charge in [-0.3, -0.25) is 5.14 Å². The Morgan fingerprint density at radius 3 is 2.69 bits per heavy atom. The maximum absolute atomic E-state index is 5.82. The molecule has 0 amide bonds. The Kier molecular flexibility index (Phi) is 5.53. The van der Waals surface area contributed by atoms with Gasteiger partial charge in [-0.2, -0.15) is 0 Å². The summed E-state index contributed by atoms with van der Waals surface area (Å²) in [6, 6.07) is 7.15. The van der Waals surface area contributed by atoms with Gasteiger partial charge in [-0.15, -0.1) is 5.10 Å². The molecule has 3 aromatic rings. The highest BCUT2D eigenvalue weighted by Gasteiger charge is 2.28. The molecule has 2 aromatic heterocycles. The second-order valence-corrected chi connectivity index (χ2v) is 9.62. The molecule has 1 fully saturated rings. The fourth-order valence-electron chi connectivity index (χ4n) is 3.60. The van der Waals surface area contributed by atoms with Crippen molar-refractivity contribution in [2.24, 2.45) is 5.14 Å². The first-order chi connectivity index (χ1) is 13.9. The van der Waals surface area contributed by atoms with Crippen molar-refractivity contribution in [2.45, 2.75) is 58.3 Å². The number of benzene rings is 1. The lowest BCUT2D eigenvalue weighted by atomic mass is 9.83. The Balaban J connectivity index is 1.71. The van der Waals surface area contributed by atoms with Crippen molar-refractivity contribution in [1.29, 1.82) is 0 Å². The molecule has 6 nitrogen and oxygen atoms in total.